The zero-order valence-electron chi connectivity index (χ0n) is 8.54. The van der Waals surface area contributed by atoms with Crippen molar-refractivity contribution in [1.82, 2.24) is 5.01 Å². The molecule has 0 heterocycles. The molecule has 0 unspecified atom stereocenters. The van der Waals surface area contributed by atoms with Crippen LogP contribution in [0.4, 0.5) is 0 Å². The third-order valence-corrected chi connectivity index (χ3v) is 1.82. The van der Waals surface area contributed by atoms with E-state index in [1.54, 1.807) is 26.8 Å². The first kappa shape index (κ1) is 12.1. The van der Waals surface area contributed by atoms with E-state index in [1.165, 1.54) is 5.01 Å². The molecule has 4 nitrogen and oxygen atoms in total. The summed E-state index contributed by atoms with van der Waals surface area (Å²) in [6, 6.07) is 0. The van der Waals surface area contributed by atoms with E-state index in [0.717, 1.165) is 0 Å². The molecule has 0 radical (unpaired) electrons. The van der Waals surface area contributed by atoms with Crippen molar-refractivity contribution >= 4 is 5.97 Å². The Bertz CT molecular complexity index is 190. The van der Waals surface area contributed by atoms with Gasteiger partial charge in [0.1, 0.15) is 5.54 Å². The standard InChI is InChI=1S/C9H18N2O2/c1-5-7-11(10)9(3,4)8(12)13-6-2/h5H,1,6-7,10H2,2-4H3. The Morgan fingerprint density at radius 2 is 2.23 bits per heavy atom. The van der Waals surface area contributed by atoms with Crippen molar-refractivity contribution in [3.05, 3.63) is 12.7 Å². The van der Waals surface area contributed by atoms with Crippen LogP contribution in [0.25, 0.3) is 0 Å². The number of hydrazine groups is 1. The predicted octanol–water partition coefficient (Wildman–Crippen LogP) is 0.690. The number of carbonyl (C=O) groups is 1. The molecule has 0 aromatic rings. The van der Waals surface area contributed by atoms with Gasteiger partial charge < -0.3 is 4.74 Å². The van der Waals surface area contributed by atoms with Crippen LogP contribution in [0, 0.1) is 0 Å². The second-order valence-electron chi connectivity index (χ2n) is 3.22. The number of hydrogen-bond acceptors (Lipinski definition) is 4. The second-order valence-corrected chi connectivity index (χ2v) is 3.22. The predicted molar refractivity (Wildman–Crippen MR) is 51.8 cm³/mol. The third-order valence-electron chi connectivity index (χ3n) is 1.82. The summed E-state index contributed by atoms with van der Waals surface area (Å²) in [4.78, 5) is 11.4. The number of carbonyl (C=O) groups excluding carboxylic acids is 1. The first-order valence-electron chi connectivity index (χ1n) is 4.27. The molecule has 0 atom stereocenters. The van der Waals surface area contributed by atoms with E-state index in [-0.39, 0.29) is 5.97 Å². The molecule has 0 rings (SSSR count). The van der Waals surface area contributed by atoms with Gasteiger partial charge in [0.05, 0.1) is 6.61 Å². The van der Waals surface area contributed by atoms with Crippen LogP contribution in [0.15, 0.2) is 12.7 Å². The van der Waals surface area contributed by atoms with E-state index in [2.05, 4.69) is 6.58 Å². The average Bonchev–Trinajstić information content (AvgIpc) is 2.05. The van der Waals surface area contributed by atoms with Gasteiger partial charge in [-0.25, -0.2) is 5.01 Å². The number of rotatable bonds is 5. The minimum atomic E-state index is -0.801. The fourth-order valence-electron chi connectivity index (χ4n) is 0.792. The SMILES string of the molecule is C=CCN(N)C(C)(C)C(=O)OCC. The normalized spacial score (nSPS) is 11.5. The number of nitrogens with two attached hydrogens (primary N) is 1. The fourth-order valence-corrected chi connectivity index (χ4v) is 0.792. The van der Waals surface area contributed by atoms with Gasteiger partial charge in [-0.2, -0.15) is 0 Å². The third kappa shape index (κ3) is 3.16. The van der Waals surface area contributed by atoms with Crippen LogP contribution in [0.1, 0.15) is 20.8 Å². The molecule has 0 amide bonds. The van der Waals surface area contributed by atoms with Gasteiger partial charge in [-0.3, -0.25) is 10.6 Å². The van der Waals surface area contributed by atoms with Gasteiger partial charge in [0.25, 0.3) is 0 Å². The lowest BCUT2D eigenvalue weighted by molar-refractivity contribution is -0.155. The monoisotopic (exact) mass is 186 g/mol. The number of hydrogen-bond donors (Lipinski definition) is 1. The first-order chi connectivity index (χ1) is 5.96. The van der Waals surface area contributed by atoms with Crippen LogP contribution in [0.2, 0.25) is 0 Å². The molecular weight excluding hydrogens is 168 g/mol. The molecule has 0 fully saturated rings. The summed E-state index contributed by atoms with van der Waals surface area (Å²) in [7, 11) is 0. The molecular formula is C9H18N2O2. The van der Waals surface area contributed by atoms with Gasteiger partial charge in [0.15, 0.2) is 0 Å². The molecule has 13 heavy (non-hydrogen) atoms. The molecule has 0 aliphatic carbocycles. The highest BCUT2D eigenvalue weighted by atomic mass is 16.5. The van der Waals surface area contributed by atoms with Gasteiger partial charge in [-0.1, -0.05) is 6.08 Å². The topological polar surface area (TPSA) is 55.6 Å². The van der Waals surface area contributed by atoms with Gasteiger partial charge >= 0.3 is 5.97 Å². The zero-order chi connectivity index (χ0) is 10.5. The fraction of sp³-hybridized carbons (Fsp3) is 0.667. The quantitative estimate of drug-likeness (QED) is 0.297. The smallest absolute Gasteiger partial charge is 0.327 e. The van der Waals surface area contributed by atoms with Gasteiger partial charge in [-0.05, 0) is 20.8 Å². The zero-order valence-corrected chi connectivity index (χ0v) is 8.54. The number of nitrogens with zero attached hydrogens (tertiary/aromatic N) is 1. The Morgan fingerprint density at radius 3 is 2.62 bits per heavy atom. The molecule has 0 aromatic carbocycles. The highest BCUT2D eigenvalue weighted by Gasteiger charge is 2.33. The van der Waals surface area contributed by atoms with Crippen molar-refractivity contribution in [2.75, 3.05) is 13.2 Å². The molecule has 0 spiro atoms. The van der Waals surface area contributed by atoms with Gasteiger partial charge in [-0.15, -0.1) is 6.58 Å². The molecule has 0 aliphatic rings. The summed E-state index contributed by atoms with van der Waals surface area (Å²) in [6.45, 7) is 9.56. The Balaban J connectivity index is 4.34. The van der Waals surface area contributed by atoms with Gasteiger partial charge in [0, 0.05) is 6.54 Å². The average molecular weight is 186 g/mol. The van der Waals surface area contributed by atoms with Crippen LogP contribution in [-0.2, 0) is 9.53 Å². The second kappa shape index (κ2) is 4.99. The summed E-state index contributed by atoms with van der Waals surface area (Å²) < 4.78 is 4.88. The van der Waals surface area contributed by atoms with E-state index in [4.69, 9.17) is 10.6 Å². The minimum absolute atomic E-state index is 0.320. The summed E-state index contributed by atoms with van der Waals surface area (Å²) in [5.74, 6) is 5.33. The largest absolute Gasteiger partial charge is 0.465 e. The lowest BCUT2D eigenvalue weighted by Gasteiger charge is -2.31. The Morgan fingerprint density at radius 1 is 1.69 bits per heavy atom. The van der Waals surface area contributed by atoms with Crippen molar-refractivity contribution in [2.45, 2.75) is 26.3 Å². The van der Waals surface area contributed by atoms with Crippen LogP contribution < -0.4 is 5.84 Å². The van der Waals surface area contributed by atoms with Crippen LogP contribution >= 0.6 is 0 Å². The highest BCUT2D eigenvalue weighted by molar-refractivity contribution is 5.79. The van der Waals surface area contributed by atoms with Crippen LogP contribution in [0.3, 0.4) is 0 Å². The number of esters is 1. The molecule has 4 heteroatoms. The molecule has 0 bridgehead atoms. The molecule has 76 valence electrons. The van der Waals surface area contributed by atoms with Crippen LogP contribution in [0.5, 0.6) is 0 Å². The lowest BCUT2D eigenvalue weighted by atomic mass is 10.1. The van der Waals surface area contributed by atoms with E-state index in [9.17, 15) is 4.79 Å². The molecule has 0 aliphatic heterocycles. The van der Waals surface area contributed by atoms with Crippen molar-refractivity contribution < 1.29 is 9.53 Å². The molecule has 0 saturated heterocycles. The van der Waals surface area contributed by atoms with Crippen molar-refractivity contribution in [3.8, 4) is 0 Å². The minimum Gasteiger partial charge on any atom is -0.465 e. The Kier molecular flexibility index (Phi) is 4.66. The highest BCUT2D eigenvalue weighted by Crippen LogP contribution is 2.12. The van der Waals surface area contributed by atoms with Crippen molar-refractivity contribution in [3.63, 3.8) is 0 Å². The van der Waals surface area contributed by atoms with E-state index < -0.39 is 5.54 Å². The Labute approximate surface area is 79.3 Å². The Hall–Kier alpha value is -0.870. The summed E-state index contributed by atoms with van der Waals surface area (Å²) in [5, 5.41) is 1.40. The molecule has 0 aromatic heterocycles. The summed E-state index contributed by atoms with van der Waals surface area (Å²) in [6.07, 6.45) is 1.64. The summed E-state index contributed by atoms with van der Waals surface area (Å²) in [5.41, 5.74) is -0.801. The molecule has 0 saturated carbocycles. The maximum absolute atomic E-state index is 11.4. The lowest BCUT2D eigenvalue weighted by Crippen LogP contribution is -2.54. The van der Waals surface area contributed by atoms with Crippen molar-refractivity contribution in [1.29, 1.82) is 0 Å². The number of ether oxygens (including phenoxy) is 1. The van der Waals surface area contributed by atoms with Crippen LogP contribution in [-0.4, -0.2) is 29.7 Å². The maximum atomic E-state index is 11.4. The van der Waals surface area contributed by atoms with E-state index in [1.807, 2.05) is 0 Å². The maximum Gasteiger partial charge on any atom is 0.327 e. The summed E-state index contributed by atoms with van der Waals surface area (Å²) >= 11 is 0. The van der Waals surface area contributed by atoms with E-state index >= 15 is 0 Å². The van der Waals surface area contributed by atoms with Crippen molar-refractivity contribution in [2.24, 2.45) is 5.84 Å². The van der Waals surface area contributed by atoms with E-state index in [0.29, 0.717) is 13.2 Å². The van der Waals surface area contributed by atoms with Gasteiger partial charge in [0.2, 0.25) is 0 Å². The molecule has 2 N–H and O–H groups in total. The first-order valence-corrected chi connectivity index (χ1v) is 4.27.